The van der Waals surface area contributed by atoms with Gasteiger partial charge in [-0.3, -0.25) is 9.59 Å². The minimum atomic E-state index is -0.581. The van der Waals surface area contributed by atoms with E-state index in [9.17, 15) is 14.4 Å². The smallest absolute Gasteiger partial charge is 0.339 e. The molecule has 0 unspecified atom stereocenters. The Morgan fingerprint density at radius 3 is 2.16 bits per heavy atom. The fraction of sp³-hybridized carbons (Fsp3) is 0.483. The summed E-state index contributed by atoms with van der Waals surface area (Å²) >= 11 is 1.34. The number of nitrogens with one attached hydrogen (secondary N) is 2. The van der Waals surface area contributed by atoms with Crippen molar-refractivity contribution in [2.45, 2.75) is 49.0 Å². The second-order valence-electron chi connectivity index (χ2n) is 11.1. The Morgan fingerprint density at radius 2 is 1.54 bits per heavy atom. The van der Waals surface area contributed by atoms with Gasteiger partial charge in [-0.2, -0.15) is 0 Å². The molecule has 2 amide bonds. The van der Waals surface area contributed by atoms with E-state index < -0.39 is 11.9 Å². The standard InChI is InChI=1S/C29H35N3O4S/c1-32(2)23-9-7-22(8-10-23)30-26(33)17-36-28(35)24-5-3-4-6-25(24)37-18-27(34)31-29-14-19-11-20(15-29)13-21(12-19)16-29/h3-10,19-21H,11-18H2,1-2H3,(H,30,33)(H,31,34). The van der Waals surface area contributed by atoms with Crippen molar-refractivity contribution in [2.75, 3.05) is 36.7 Å². The number of hydrogen-bond acceptors (Lipinski definition) is 6. The van der Waals surface area contributed by atoms with E-state index in [0.29, 0.717) is 16.1 Å². The van der Waals surface area contributed by atoms with Gasteiger partial charge in [0.25, 0.3) is 5.91 Å². The van der Waals surface area contributed by atoms with Crippen molar-refractivity contribution in [3.63, 3.8) is 0 Å². The predicted octanol–water partition coefficient (Wildman–Crippen LogP) is 4.73. The van der Waals surface area contributed by atoms with Gasteiger partial charge in [0.1, 0.15) is 0 Å². The fourth-order valence-corrected chi connectivity index (χ4v) is 7.59. The summed E-state index contributed by atoms with van der Waals surface area (Å²) in [6.07, 6.45) is 7.33. The van der Waals surface area contributed by atoms with E-state index in [0.717, 1.165) is 42.7 Å². The molecule has 37 heavy (non-hydrogen) atoms. The Labute approximate surface area is 222 Å². The molecule has 4 aliphatic rings. The zero-order valence-electron chi connectivity index (χ0n) is 21.5. The van der Waals surface area contributed by atoms with Crippen molar-refractivity contribution in [3.8, 4) is 0 Å². The van der Waals surface area contributed by atoms with Crippen LogP contribution in [0.3, 0.4) is 0 Å². The van der Waals surface area contributed by atoms with Gasteiger partial charge in [-0.1, -0.05) is 12.1 Å². The van der Waals surface area contributed by atoms with E-state index >= 15 is 0 Å². The third-order valence-corrected chi connectivity index (χ3v) is 8.98. The van der Waals surface area contributed by atoms with Crippen molar-refractivity contribution >= 4 is 40.9 Å². The number of nitrogens with zero attached hydrogens (tertiary/aromatic N) is 1. The van der Waals surface area contributed by atoms with E-state index in [1.54, 1.807) is 24.3 Å². The molecule has 2 aromatic rings. The van der Waals surface area contributed by atoms with Gasteiger partial charge in [0.2, 0.25) is 5.91 Å². The van der Waals surface area contributed by atoms with Crippen LogP contribution in [0.4, 0.5) is 11.4 Å². The summed E-state index contributed by atoms with van der Waals surface area (Å²) in [5.41, 5.74) is 1.99. The molecule has 8 heteroatoms. The topological polar surface area (TPSA) is 87.7 Å². The van der Waals surface area contributed by atoms with Gasteiger partial charge in [0.15, 0.2) is 6.61 Å². The predicted molar refractivity (Wildman–Crippen MR) is 146 cm³/mol. The summed E-state index contributed by atoms with van der Waals surface area (Å²) in [7, 11) is 3.89. The molecule has 0 spiro atoms. The van der Waals surface area contributed by atoms with Crippen LogP contribution >= 0.6 is 11.8 Å². The van der Waals surface area contributed by atoms with Crippen LogP contribution in [0.1, 0.15) is 48.9 Å². The number of carbonyl (C=O) groups is 3. The van der Waals surface area contributed by atoms with E-state index in [1.165, 1.54) is 31.0 Å². The molecule has 0 aliphatic heterocycles. The first-order chi connectivity index (χ1) is 17.8. The number of thioether (sulfide) groups is 1. The Hall–Kier alpha value is -3.00. The zero-order valence-corrected chi connectivity index (χ0v) is 22.3. The number of benzene rings is 2. The average Bonchev–Trinajstić information content (AvgIpc) is 2.85. The maximum absolute atomic E-state index is 12.9. The van der Waals surface area contributed by atoms with E-state index in [1.807, 2.05) is 43.3 Å². The third-order valence-electron chi connectivity index (χ3n) is 7.91. The molecular formula is C29H35N3O4S. The van der Waals surface area contributed by atoms with Crippen LogP contribution in [0.5, 0.6) is 0 Å². The first-order valence-electron chi connectivity index (χ1n) is 13.1. The van der Waals surface area contributed by atoms with Crippen LogP contribution in [0.2, 0.25) is 0 Å². The molecule has 0 aromatic heterocycles. The Bertz CT molecular complexity index is 1130. The summed E-state index contributed by atoms with van der Waals surface area (Å²) in [5.74, 6) is 1.58. The van der Waals surface area contributed by atoms with Gasteiger partial charge in [-0.05, 0) is 92.7 Å². The molecule has 196 valence electrons. The Balaban J connectivity index is 1.12. The highest BCUT2D eigenvalue weighted by Crippen LogP contribution is 2.55. The second kappa shape index (κ2) is 10.8. The molecule has 4 aliphatic carbocycles. The van der Waals surface area contributed by atoms with Crippen molar-refractivity contribution in [1.82, 2.24) is 5.32 Å². The molecule has 0 heterocycles. The largest absolute Gasteiger partial charge is 0.452 e. The van der Waals surface area contributed by atoms with E-state index in [2.05, 4.69) is 10.6 Å². The molecule has 4 bridgehead atoms. The van der Waals surface area contributed by atoms with E-state index in [-0.39, 0.29) is 23.8 Å². The minimum Gasteiger partial charge on any atom is -0.452 e. The zero-order chi connectivity index (χ0) is 26.0. The van der Waals surface area contributed by atoms with Crippen LogP contribution < -0.4 is 15.5 Å². The van der Waals surface area contributed by atoms with Crippen molar-refractivity contribution in [1.29, 1.82) is 0 Å². The molecule has 6 rings (SSSR count). The number of anilines is 2. The molecule has 0 atom stereocenters. The van der Waals surface area contributed by atoms with Crippen LogP contribution in [-0.4, -0.2) is 49.8 Å². The Morgan fingerprint density at radius 1 is 0.919 bits per heavy atom. The van der Waals surface area contributed by atoms with Crippen LogP contribution in [0, 0.1) is 17.8 Å². The molecule has 0 saturated heterocycles. The minimum absolute atomic E-state index is 0.0228. The monoisotopic (exact) mass is 521 g/mol. The highest BCUT2D eigenvalue weighted by Gasteiger charge is 2.51. The van der Waals surface area contributed by atoms with Gasteiger partial charge in [0, 0.05) is 35.9 Å². The summed E-state index contributed by atoms with van der Waals surface area (Å²) in [4.78, 5) is 40.6. The molecule has 4 fully saturated rings. The van der Waals surface area contributed by atoms with Crippen molar-refractivity contribution in [2.24, 2.45) is 17.8 Å². The molecule has 2 aromatic carbocycles. The van der Waals surface area contributed by atoms with Crippen LogP contribution in [0.15, 0.2) is 53.4 Å². The first-order valence-corrected chi connectivity index (χ1v) is 14.0. The Kier molecular flexibility index (Phi) is 7.47. The lowest BCUT2D eigenvalue weighted by atomic mass is 9.53. The number of rotatable bonds is 9. The number of esters is 1. The molecular weight excluding hydrogens is 486 g/mol. The van der Waals surface area contributed by atoms with Gasteiger partial charge < -0.3 is 20.3 Å². The lowest BCUT2D eigenvalue weighted by Gasteiger charge is -2.56. The number of amides is 2. The molecule has 7 nitrogen and oxygen atoms in total. The van der Waals surface area contributed by atoms with Gasteiger partial charge in [-0.25, -0.2) is 4.79 Å². The molecule has 2 N–H and O–H groups in total. The first kappa shape index (κ1) is 25.6. The van der Waals surface area contributed by atoms with Crippen LogP contribution in [0.25, 0.3) is 0 Å². The van der Waals surface area contributed by atoms with Gasteiger partial charge in [0.05, 0.1) is 11.3 Å². The maximum Gasteiger partial charge on any atom is 0.339 e. The fourth-order valence-electron chi connectivity index (χ4n) is 6.75. The van der Waals surface area contributed by atoms with Gasteiger partial charge in [-0.15, -0.1) is 11.8 Å². The van der Waals surface area contributed by atoms with Crippen molar-refractivity contribution in [3.05, 3.63) is 54.1 Å². The lowest BCUT2D eigenvalue weighted by Crippen LogP contribution is -2.60. The number of hydrogen-bond donors (Lipinski definition) is 2. The number of carbonyl (C=O) groups excluding carboxylic acids is 3. The average molecular weight is 522 g/mol. The van der Waals surface area contributed by atoms with Crippen molar-refractivity contribution < 1.29 is 19.1 Å². The maximum atomic E-state index is 12.9. The highest BCUT2D eigenvalue weighted by atomic mass is 32.2. The van der Waals surface area contributed by atoms with Crippen LogP contribution in [-0.2, 0) is 14.3 Å². The third kappa shape index (κ3) is 6.12. The summed E-state index contributed by atoms with van der Waals surface area (Å²) in [6.45, 7) is -0.389. The summed E-state index contributed by atoms with van der Waals surface area (Å²) in [6, 6.07) is 14.5. The molecule has 4 saturated carbocycles. The van der Waals surface area contributed by atoms with Gasteiger partial charge >= 0.3 is 5.97 Å². The summed E-state index contributed by atoms with van der Waals surface area (Å²) in [5, 5.41) is 6.12. The SMILES string of the molecule is CN(C)c1ccc(NC(=O)COC(=O)c2ccccc2SCC(=O)NC23CC4CC(CC(C4)C2)C3)cc1. The second-order valence-corrected chi connectivity index (χ2v) is 12.1. The highest BCUT2D eigenvalue weighted by molar-refractivity contribution is 8.00. The summed E-state index contributed by atoms with van der Waals surface area (Å²) < 4.78 is 5.29. The normalized spacial score (nSPS) is 25.4. The van der Waals surface area contributed by atoms with E-state index in [4.69, 9.17) is 4.74 Å². The number of ether oxygens (including phenoxy) is 1. The lowest BCUT2D eigenvalue weighted by molar-refractivity contribution is -0.124. The quantitative estimate of drug-likeness (QED) is 0.367. The molecule has 0 radical (unpaired) electrons.